The first-order valence-electron chi connectivity index (χ1n) is 7.65. The van der Waals surface area contributed by atoms with E-state index in [1.807, 2.05) is 25.1 Å². The molecule has 0 atom stereocenters. The Balaban J connectivity index is 1.76. The molecule has 0 saturated carbocycles. The summed E-state index contributed by atoms with van der Waals surface area (Å²) in [6.45, 7) is 3.96. The molecule has 0 amide bonds. The summed E-state index contributed by atoms with van der Waals surface area (Å²) < 4.78 is 40.0. The number of aryl methyl sites for hydroxylation is 1. The smallest absolute Gasteiger partial charge is 0.244 e. The molecule has 128 valence electrons. The second-order valence-electron chi connectivity index (χ2n) is 5.80. The third kappa shape index (κ3) is 3.41. The van der Waals surface area contributed by atoms with Crippen molar-refractivity contribution in [2.24, 2.45) is 0 Å². The predicted molar refractivity (Wildman–Crippen MR) is 93.6 cm³/mol. The van der Waals surface area contributed by atoms with Crippen molar-refractivity contribution < 1.29 is 12.8 Å². The van der Waals surface area contributed by atoms with Crippen molar-refractivity contribution in [1.29, 1.82) is 0 Å². The summed E-state index contributed by atoms with van der Waals surface area (Å²) in [6, 6.07) is 11.5. The highest BCUT2D eigenvalue weighted by molar-refractivity contribution is 7.89. The number of hydrogen-bond acceptors (Lipinski definition) is 3. The summed E-state index contributed by atoms with van der Waals surface area (Å²) in [5.41, 5.74) is 2.26. The lowest BCUT2D eigenvalue weighted by molar-refractivity contribution is 0.385. The second kappa shape index (κ2) is 6.70. The summed E-state index contributed by atoms with van der Waals surface area (Å²) in [5, 5.41) is -0.0869. The van der Waals surface area contributed by atoms with Gasteiger partial charge in [-0.2, -0.15) is 4.31 Å². The molecule has 3 rings (SSSR count). The Labute approximate surface area is 146 Å². The van der Waals surface area contributed by atoms with Gasteiger partial charge in [0.15, 0.2) is 0 Å². The van der Waals surface area contributed by atoms with Crippen molar-refractivity contribution in [1.82, 2.24) is 4.31 Å². The summed E-state index contributed by atoms with van der Waals surface area (Å²) in [4.78, 5) is 2.11. The highest BCUT2D eigenvalue weighted by atomic mass is 35.5. The van der Waals surface area contributed by atoms with Gasteiger partial charge in [-0.3, -0.25) is 0 Å². The minimum absolute atomic E-state index is 0.0467. The lowest BCUT2D eigenvalue weighted by Crippen LogP contribution is -2.48. The summed E-state index contributed by atoms with van der Waals surface area (Å²) >= 11 is 5.92. The van der Waals surface area contributed by atoms with Crippen LogP contribution < -0.4 is 4.90 Å². The van der Waals surface area contributed by atoms with Gasteiger partial charge in [-0.25, -0.2) is 12.8 Å². The fraction of sp³-hybridized carbons (Fsp3) is 0.294. The molecule has 0 bridgehead atoms. The lowest BCUT2D eigenvalue weighted by Gasteiger charge is -2.35. The van der Waals surface area contributed by atoms with E-state index in [4.69, 9.17) is 11.6 Å². The quantitative estimate of drug-likeness (QED) is 0.834. The Morgan fingerprint density at radius 1 is 1.04 bits per heavy atom. The third-order valence-corrected chi connectivity index (χ3v) is 6.50. The largest absolute Gasteiger partial charge is 0.369 e. The predicted octanol–water partition coefficient (Wildman–Crippen LogP) is 3.30. The van der Waals surface area contributed by atoms with E-state index in [-0.39, 0.29) is 9.92 Å². The molecule has 0 N–H and O–H groups in total. The number of nitrogens with zero attached hydrogens (tertiary/aromatic N) is 2. The van der Waals surface area contributed by atoms with Crippen LogP contribution in [-0.4, -0.2) is 38.9 Å². The van der Waals surface area contributed by atoms with Crippen LogP contribution >= 0.6 is 11.6 Å². The molecule has 7 heteroatoms. The molecule has 1 fully saturated rings. The standard InChI is InChI=1S/C17H18ClFN2O2S/c1-13-3-2-4-15(11-13)20-7-9-21(10-8-20)24(22,23)17-6-5-14(19)12-16(17)18/h2-6,11-12H,7-10H2,1H3. The van der Waals surface area contributed by atoms with Crippen molar-refractivity contribution in [3.8, 4) is 0 Å². The van der Waals surface area contributed by atoms with Gasteiger partial charge in [-0.1, -0.05) is 23.7 Å². The normalized spacial score (nSPS) is 16.4. The number of sulfonamides is 1. The average molecular weight is 369 g/mol. The monoisotopic (exact) mass is 368 g/mol. The maximum atomic E-state index is 13.1. The molecule has 2 aromatic carbocycles. The van der Waals surface area contributed by atoms with Gasteiger partial charge in [0.1, 0.15) is 10.7 Å². The zero-order valence-electron chi connectivity index (χ0n) is 13.2. The number of piperazine rings is 1. The van der Waals surface area contributed by atoms with E-state index in [1.165, 1.54) is 15.9 Å². The highest BCUT2D eigenvalue weighted by Gasteiger charge is 2.30. The molecule has 1 saturated heterocycles. The van der Waals surface area contributed by atoms with Crippen LogP contribution in [0.2, 0.25) is 5.02 Å². The number of halogens is 2. The van der Waals surface area contributed by atoms with Gasteiger partial charge in [0, 0.05) is 31.9 Å². The molecule has 0 radical (unpaired) electrons. The van der Waals surface area contributed by atoms with Gasteiger partial charge in [0.2, 0.25) is 10.0 Å². The summed E-state index contributed by atoms with van der Waals surface area (Å²) in [7, 11) is -3.72. The van der Waals surface area contributed by atoms with Gasteiger partial charge < -0.3 is 4.90 Å². The molecule has 24 heavy (non-hydrogen) atoms. The maximum absolute atomic E-state index is 13.1. The van der Waals surface area contributed by atoms with Crippen LogP contribution in [0.5, 0.6) is 0 Å². The molecule has 0 unspecified atom stereocenters. The minimum atomic E-state index is -3.72. The van der Waals surface area contributed by atoms with E-state index in [2.05, 4.69) is 11.0 Å². The SMILES string of the molecule is Cc1cccc(N2CCN(S(=O)(=O)c3ccc(F)cc3Cl)CC2)c1. The molecule has 0 aliphatic carbocycles. The Morgan fingerprint density at radius 3 is 2.38 bits per heavy atom. The fourth-order valence-electron chi connectivity index (χ4n) is 2.83. The van der Waals surface area contributed by atoms with Crippen LogP contribution in [0.3, 0.4) is 0 Å². The molecule has 1 aliphatic heterocycles. The van der Waals surface area contributed by atoms with E-state index in [0.29, 0.717) is 26.2 Å². The maximum Gasteiger partial charge on any atom is 0.244 e. The second-order valence-corrected chi connectivity index (χ2v) is 8.12. The van der Waals surface area contributed by atoms with Gasteiger partial charge in [-0.15, -0.1) is 0 Å². The molecule has 2 aromatic rings. The minimum Gasteiger partial charge on any atom is -0.369 e. The first-order valence-corrected chi connectivity index (χ1v) is 9.46. The Morgan fingerprint density at radius 2 is 1.75 bits per heavy atom. The van der Waals surface area contributed by atoms with Crippen molar-refractivity contribution in [2.45, 2.75) is 11.8 Å². The first kappa shape index (κ1) is 17.2. The lowest BCUT2D eigenvalue weighted by atomic mass is 10.2. The molecule has 4 nitrogen and oxygen atoms in total. The van der Waals surface area contributed by atoms with E-state index >= 15 is 0 Å². The van der Waals surface area contributed by atoms with E-state index in [1.54, 1.807) is 0 Å². The highest BCUT2D eigenvalue weighted by Crippen LogP contribution is 2.27. The van der Waals surface area contributed by atoms with Crippen molar-refractivity contribution in [3.63, 3.8) is 0 Å². The van der Waals surface area contributed by atoms with Crippen molar-refractivity contribution >= 4 is 27.3 Å². The van der Waals surface area contributed by atoms with Gasteiger partial charge in [-0.05, 0) is 42.8 Å². The van der Waals surface area contributed by atoms with Crippen LogP contribution in [0.4, 0.5) is 10.1 Å². The van der Waals surface area contributed by atoms with Crippen LogP contribution in [0.1, 0.15) is 5.56 Å². The summed E-state index contributed by atoms with van der Waals surface area (Å²) in [6.07, 6.45) is 0. The van der Waals surface area contributed by atoms with Crippen LogP contribution in [0, 0.1) is 12.7 Å². The molecular weight excluding hydrogens is 351 g/mol. The fourth-order valence-corrected chi connectivity index (χ4v) is 4.76. The topological polar surface area (TPSA) is 40.6 Å². The van der Waals surface area contributed by atoms with E-state index in [9.17, 15) is 12.8 Å². The van der Waals surface area contributed by atoms with E-state index in [0.717, 1.165) is 17.8 Å². The van der Waals surface area contributed by atoms with Gasteiger partial charge in [0.05, 0.1) is 5.02 Å². The zero-order valence-corrected chi connectivity index (χ0v) is 14.8. The van der Waals surface area contributed by atoms with Crippen molar-refractivity contribution in [3.05, 3.63) is 58.9 Å². The van der Waals surface area contributed by atoms with Crippen LogP contribution in [-0.2, 0) is 10.0 Å². The van der Waals surface area contributed by atoms with Gasteiger partial charge >= 0.3 is 0 Å². The molecular formula is C17H18ClFN2O2S. The number of hydrogen-bond donors (Lipinski definition) is 0. The Kier molecular flexibility index (Phi) is 4.80. The zero-order chi connectivity index (χ0) is 17.3. The van der Waals surface area contributed by atoms with Crippen LogP contribution in [0.15, 0.2) is 47.4 Å². The van der Waals surface area contributed by atoms with Gasteiger partial charge in [0.25, 0.3) is 0 Å². The number of rotatable bonds is 3. The third-order valence-electron chi connectivity index (χ3n) is 4.12. The molecule has 0 aromatic heterocycles. The number of benzene rings is 2. The first-order chi connectivity index (χ1) is 11.4. The van der Waals surface area contributed by atoms with Crippen molar-refractivity contribution in [2.75, 3.05) is 31.1 Å². The van der Waals surface area contributed by atoms with E-state index < -0.39 is 15.8 Å². The molecule has 1 aliphatic rings. The molecule has 0 spiro atoms. The van der Waals surface area contributed by atoms with Crippen LogP contribution in [0.25, 0.3) is 0 Å². The Bertz CT molecular complexity index is 849. The summed E-state index contributed by atoms with van der Waals surface area (Å²) in [5.74, 6) is -0.553. The average Bonchev–Trinajstić information content (AvgIpc) is 2.54. The number of anilines is 1. The molecule has 1 heterocycles. The Hall–Kier alpha value is -1.63.